The molecule has 0 atom stereocenters. The zero-order valence-corrected chi connectivity index (χ0v) is 14.2. The Kier molecular flexibility index (Phi) is 6.04. The lowest BCUT2D eigenvalue weighted by Crippen LogP contribution is -2.53. The van der Waals surface area contributed by atoms with E-state index in [1.807, 2.05) is 12.1 Å². The second-order valence-corrected chi connectivity index (χ2v) is 6.29. The van der Waals surface area contributed by atoms with Gasteiger partial charge in [0.05, 0.1) is 12.7 Å². The van der Waals surface area contributed by atoms with Crippen molar-refractivity contribution in [2.75, 3.05) is 13.7 Å². The van der Waals surface area contributed by atoms with E-state index in [-0.39, 0.29) is 5.91 Å². The smallest absolute Gasteiger partial charge is 0.254 e. The van der Waals surface area contributed by atoms with Crippen molar-refractivity contribution >= 4 is 5.91 Å². The van der Waals surface area contributed by atoms with Gasteiger partial charge in [0.25, 0.3) is 5.91 Å². The molecule has 1 fully saturated rings. The highest BCUT2D eigenvalue weighted by atomic mass is 16.5. The normalized spacial score (nSPS) is 15.3. The van der Waals surface area contributed by atoms with Crippen LogP contribution in [0.2, 0.25) is 0 Å². The number of hydrogen-bond donors (Lipinski definition) is 0. The van der Waals surface area contributed by atoms with Gasteiger partial charge in [-0.3, -0.25) is 4.79 Å². The molecule has 0 N–H and O–H groups in total. The van der Waals surface area contributed by atoms with Crippen LogP contribution >= 0.6 is 0 Å². The zero-order valence-electron chi connectivity index (χ0n) is 14.2. The zero-order chi connectivity index (χ0) is 16.7. The van der Waals surface area contributed by atoms with Crippen LogP contribution in [0, 0.1) is 11.3 Å². The third kappa shape index (κ3) is 4.04. The van der Waals surface area contributed by atoms with Crippen LogP contribution in [0.1, 0.15) is 62.2 Å². The van der Waals surface area contributed by atoms with E-state index >= 15 is 0 Å². The Labute approximate surface area is 139 Å². The SMILES string of the molecule is CCCCCCOc1ccc(C(=O)N(C)C2(C#N)CCC2)cc1. The highest BCUT2D eigenvalue weighted by molar-refractivity contribution is 5.95. The number of amides is 1. The van der Waals surface area contributed by atoms with Gasteiger partial charge in [0.1, 0.15) is 11.3 Å². The molecule has 124 valence electrons. The molecular formula is C19H26N2O2. The number of nitriles is 1. The molecule has 0 aliphatic heterocycles. The molecule has 1 aliphatic carbocycles. The molecule has 0 unspecified atom stereocenters. The van der Waals surface area contributed by atoms with Gasteiger partial charge in [0.2, 0.25) is 0 Å². The Morgan fingerprint density at radius 2 is 1.96 bits per heavy atom. The molecule has 0 saturated heterocycles. The third-order valence-electron chi connectivity index (χ3n) is 4.70. The van der Waals surface area contributed by atoms with Crippen molar-refractivity contribution in [3.63, 3.8) is 0 Å². The van der Waals surface area contributed by atoms with E-state index in [0.717, 1.165) is 31.4 Å². The fourth-order valence-corrected chi connectivity index (χ4v) is 2.83. The molecular weight excluding hydrogens is 288 g/mol. The summed E-state index contributed by atoms with van der Waals surface area (Å²) in [6.45, 7) is 2.90. The van der Waals surface area contributed by atoms with Crippen molar-refractivity contribution in [3.05, 3.63) is 29.8 Å². The van der Waals surface area contributed by atoms with Gasteiger partial charge in [-0.05, 0) is 49.9 Å². The number of unbranched alkanes of at least 4 members (excludes halogenated alkanes) is 3. The maximum atomic E-state index is 12.5. The van der Waals surface area contributed by atoms with Gasteiger partial charge < -0.3 is 9.64 Å². The van der Waals surface area contributed by atoms with E-state index in [9.17, 15) is 10.1 Å². The van der Waals surface area contributed by atoms with Crippen molar-refractivity contribution in [2.45, 2.75) is 57.4 Å². The van der Waals surface area contributed by atoms with Crippen LogP contribution in [0.15, 0.2) is 24.3 Å². The minimum atomic E-state index is -0.606. The number of carbonyl (C=O) groups is 1. The highest BCUT2D eigenvalue weighted by Gasteiger charge is 2.43. The number of rotatable bonds is 8. The number of nitrogens with zero attached hydrogens (tertiary/aromatic N) is 2. The predicted octanol–water partition coefficient (Wildman–Crippen LogP) is 4.16. The molecule has 0 spiro atoms. The van der Waals surface area contributed by atoms with Crippen LogP contribution < -0.4 is 4.74 Å². The monoisotopic (exact) mass is 314 g/mol. The topological polar surface area (TPSA) is 53.3 Å². The van der Waals surface area contributed by atoms with Crippen LogP contribution in [0.25, 0.3) is 0 Å². The highest BCUT2D eigenvalue weighted by Crippen LogP contribution is 2.37. The van der Waals surface area contributed by atoms with Crippen LogP contribution in [-0.4, -0.2) is 30.0 Å². The molecule has 1 aromatic rings. The average Bonchev–Trinajstić information content (AvgIpc) is 2.54. The molecule has 4 heteroatoms. The van der Waals surface area contributed by atoms with E-state index in [1.54, 1.807) is 24.1 Å². The van der Waals surface area contributed by atoms with E-state index in [0.29, 0.717) is 12.2 Å². The molecule has 0 heterocycles. The summed E-state index contributed by atoms with van der Waals surface area (Å²) in [5.41, 5.74) is -0.00159. The summed E-state index contributed by atoms with van der Waals surface area (Å²) < 4.78 is 5.69. The summed E-state index contributed by atoms with van der Waals surface area (Å²) >= 11 is 0. The average molecular weight is 314 g/mol. The van der Waals surface area contributed by atoms with Crippen molar-refractivity contribution in [2.24, 2.45) is 0 Å². The Hall–Kier alpha value is -2.02. The Bertz CT molecular complexity index is 556. The fraction of sp³-hybridized carbons (Fsp3) is 0.579. The first kappa shape index (κ1) is 17.3. The summed E-state index contributed by atoms with van der Waals surface area (Å²) in [5.74, 6) is 0.695. The summed E-state index contributed by atoms with van der Waals surface area (Å²) in [6.07, 6.45) is 7.25. The minimum Gasteiger partial charge on any atom is -0.494 e. The summed E-state index contributed by atoms with van der Waals surface area (Å²) in [4.78, 5) is 14.1. The molecule has 0 aromatic heterocycles. The van der Waals surface area contributed by atoms with Gasteiger partial charge in [-0.2, -0.15) is 5.26 Å². The largest absolute Gasteiger partial charge is 0.494 e. The standard InChI is InChI=1S/C19H26N2O2/c1-3-4-5-6-14-23-17-10-8-16(9-11-17)18(22)21(2)19(15-20)12-7-13-19/h8-11H,3-7,12-14H2,1-2H3. The molecule has 1 aromatic carbocycles. The number of ether oxygens (including phenoxy) is 1. The van der Waals surface area contributed by atoms with E-state index in [1.165, 1.54) is 19.3 Å². The first-order valence-electron chi connectivity index (χ1n) is 8.55. The van der Waals surface area contributed by atoms with Gasteiger partial charge in [0.15, 0.2) is 0 Å². The van der Waals surface area contributed by atoms with Crippen molar-refractivity contribution in [1.82, 2.24) is 4.90 Å². The molecule has 0 bridgehead atoms. The molecule has 2 rings (SSSR count). The predicted molar refractivity (Wildman–Crippen MR) is 90.4 cm³/mol. The number of benzene rings is 1. The van der Waals surface area contributed by atoms with Gasteiger partial charge >= 0.3 is 0 Å². The molecule has 1 aliphatic rings. The van der Waals surface area contributed by atoms with Crippen molar-refractivity contribution in [1.29, 1.82) is 5.26 Å². The number of carbonyl (C=O) groups excluding carboxylic acids is 1. The lowest BCUT2D eigenvalue weighted by atomic mass is 9.76. The maximum absolute atomic E-state index is 12.5. The summed E-state index contributed by atoms with van der Waals surface area (Å²) in [7, 11) is 1.73. The first-order chi connectivity index (χ1) is 11.1. The van der Waals surface area contributed by atoms with E-state index in [2.05, 4.69) is 13.0 Å². The first-order valence-corrected chi connectivity index (χ1v) is 8.55. The Balaban J connectivity index is 1.89. The van der Waals surface area contributed by atoms with Gasteiger partial charge in [-0.1, -0.05) is 26.2 Å². The van der Waals surface area contributed by atoms with E-state index in [4.69, 9.17) is 4.74 Å². The van der Waals surface area contributed by atoms with Gasteiger partial charge in [-0.25, -0.2) is 0 Å². The fourth-order valence-electron chi connectivity index (χ4n) is 2.83. The minimum absolute atomic E-state index is 0.0965. The summed E-state index contributed by atoms with van der Waals surface area (Å²) in [6, 6.07) is 9.53. The molecule has 4 nitrogen and oxygen atoms in total. The lowest BCUT2D eigenvalue weighted by Gasteiger charge is -2.42. The quantitative estimate of drug-likeness (QED) is 0.677. The lowest BCUT2D eigenvalue weighted by molar-refractivity contribution is 0.0497. The Morgan fingerprint density at radius 1 is 1.26 bits per heavy atom. The van der Waals surface area contributed by atoms with Crippen LogP contribution in [0.4, 0.5) is 0 Å². The Morgan fingerprint density at radius 3 is 2.48 bits per heavy atom. The van der Waals surface area contributed by atoms with Gasteiger partial charge in [0, 0.05) is 12.6 Å². The van der Waals surface area contributed by atoms with Crippen molar-refractivity contribution < 1.29 is 9.53 Å². The summed E-state index contributed by atoms with van der Waals surface area (Å²) in [5, 5.41) is 9.34. The maximum Gasteiger partial charge on any atom is 0.254 e. The number of hydrogen-bond acceptors (Lipinski definition) is 3. The van der Waals surface area contributed by atoms with Crippen LogP contribution in [-0.2, 0) is 0 Å². The third-order valence-corrected chi connectivity index (χ3v) is 4.70. The molecule has 1 saturated carbocycles. The second-order valence-electron chi connectivity index (χ2n) is 6.29. The molecule has 1 amide bonds. The second kappa shape index (κ2) is 8.01. The van der Waals surface area contributed by atoms with E-state index < -0.39 is 5.54 Å². The van der Waals surface area contributed by atoms with Crippen LogP contribution in [0.5, 0.6) is 5.75 Å². The van der Waals surface area contributed by atoms with Crippen molar-refractivity contribution in [3.8, 4) is 11.8 Å². The molecule has 0 radical (unpaired) electrons. The molecule has 23 heavy (non-hydrogen) atoms. The van der Waals surface area contributed by atoms with Crippen LogP contribution in [0.3, 0.4) is 0 Å². The van der Waals surface area contributed by atoms with Gasteiger partial charge in [-0.15, -0.1) is 0 Å².